The Morgan fingerprint density at radius 1 is 1.14 bits per heavy atom. The average Bonchev–Trinajstić information content (AvgIpc) is 3.36. The smallest absolute Gasteiger partial charge is 0.243 e. The molecule has 4 unspecified atom stereocenters. The maximum Gasteiger partial charge on any atom is 0.243 e. The highest BCUT2D eigenvalue weighted by Gasteiger charge is 2.49. The van der Waals surface area contributed by atoms with Gasteiger partial charge in [0.25, 0.3) is 0 Å². The summed E-state index contributed by atoms with van der Waals surface area (Å²) in [5.74, 6) is -0.890. The van der Waals surface area contributed by atoms with E-state index < -0.39 is 40.2 Å². The first-order valence-corrected chi connectivity index (χ1v) is 11.7. The zero-order chi connectivity index (χ0) is 20.9. The Hall–Kier alpha value is -1.16. The molecular formula is C19H22Cl2N2O5S. The zero-order valence-corrected chi connectivity index (χ0v) is 17.7. The molecule has 10 heteroatoms. The van der Waals surface area contributed by atoms with E-state index in [-0.39, 0.29) is 33.3 Å². The molecule has 158 valence electrons. The number of hydrogen-bond donors (Lipinski definition) is 3. The molecule has 2 fully saturated rings. The number of benzene rings is 1. The second-order valence-corrected chi connectivity index (χ2v) is 10.6. The van der Waals surface area contributed by atoms with Crippen LogP contribution in [0.1, 0.15) is 19.3 Å². The molecule has 0 radical (unpaired) electrons. The van der Waals surface area contributed by atoms with Crippen molar-refractivity contribution in [3.05, 3.63) is 40.4 Å². The molecule has 3 aliphatic rings. The number of rotatable bonds is 5. The van der Waals surface area contributed by atoms with Crippen molar-refractivity contribution in [2.24, 2.45) is 17.8 Å². The summed E-state index contributed by atoms with van der Waals surface area (Å²) in [5, 5.41) is 22.8. The molecule has 2 aliphatic carbocycles. The summed E-state index contributed by atoms with van der Waals surface area (Å²) in [7, 11) is -3.96. The molecule has 1 amide bonds. The maximum absolute atomic E-state index is 13.1. The normalized spacial score (nSPS) is 31.7. The fourth-order valence-electron chi connectivity index (χ4n) is 4.83. The highest BCUT2D eigenvalue weighted by atomic mass is 35.5. The molecule has 5 atom stereocenters. The number of hydrogen-bond acceptors (Lipinski definition) is 5. The summed E-state index contributed by atoms with van der Waals surface area (Å²) in [6.07, 6.45) is 4.08. The van der Waals surface area contributed by atoms with Crippen molar-refractivity contribution < 1.29 is 23.4 Å². The number of nitrogens with zero attached hydrogens (tertiary/aromatic N) is 1. The van der Waals surface area contributed by atoms with Crippen LogP contribution in [0.2, 0.25) is 10.0 Å². The number of aliphatic hydroxyl groups excluding tert-OH is 1. The standard InChI is InChI=1S/C19H22Cl2N2O5S/c20-12-7-13(21)9-14(8-12)29(27,28)23-5-1-2-15(23)18(24)22-17-11-4-3-10(6-11)16(17)19(25)26/h3-4,7-11,15-17,19,25-26H,1-2,5-6H2,(H,22,24)/t10?,11?,15-,16?,17?/m0/s1. The van der Waals surface area contributed by atoms with Gasteiger partial charge in [-0.15, -0.1) is 0 Å². The Morgan fingerprint density at radius 3 is 2.45 bits per heavy atom. The Labute approximate surface area is 179 Å². The first-order chi connectivity index (χ1) is 13.7. The van der Waals surface area contributed by atoms with Crippen LogP contribution >= 0.6 is 23.2 Å². The molecule has 29 heavy (non-hydrogen) atoms. The van der Waals surface area contributed by atoms with E-state index in [1.807, 2.05) is 12.2 Å². The van der Waals surface area contributed by atoms with Crippen LogP contribution in [-0.2, 0) is 14.8 Å². The number of sulfonamides is 1. The van der Waals surface area contributed by atoms with Gasteiger partial charge in [-0.3, -0.25) is 4.79 Å². The largest absolute Gasteiger partial charge is 0.368 e. The Kier molecular flexibility index (Phi) is 5.69. The van der Waals surface area contributed by atoms with Crippen LogP contribution in [0.15, 0.2) is 35.2 Å². The topological polar surface area (TPSA) is 107 Å². The minimum Gasteiger partial charge on any atom is -0.368 e. The van der Waals surface area contributed by atoms with E-state index >= 15 is 0 Å². The minimum absolute atomic E-state index is 0.00214. The third kappa shape index (κ3) is 3.82. The number of nitrogens with one attached hydrogen (secondary N) is 1. The van der Waals surface area contributed by atoms with Gasteiger partial charge in [-0.2, -0.15) is 4.31 Å². The molecule has 1 aromatic carbocycles. The lowest BCUT2D eigenvalue weighted by molar-refractivity contribution is -0.128. The minimum atomic E-state index is -3.96. The SMILES string of the molecule is O=C(NC1C2C=CC(C2)C1C(O)O)[C@@H]1CCCN1S(=O)(=O)c1cc(Cl)cc(Cl)c1. The van der Waals surface area contributed by atoms with Gasteiger partial charge in [-0.05, 0) is 49.3 Å². The maximum atomic E-state index is 13.1. The van der Waals surface area contributed by atoms with Crippen LogP contribution in [0.4, 0.5) is 0 Å². The molecule has 0 aromatic heterocycles. The van der Waals surface area contributed by atoms with E-state index in [0.29, 0.717) is 12.8 Å². The number of halogens is 2. The summed E-state index contributed by atoms with van der Waals surface area (Å²) >= 11 is 11.9. The molecule has 4 rings (SSSR count). The van der Waals surface area contributed by atoms with Gasteiger partial charge < -0.3 is 15.5 Å². The summed E-state index contributed by atoms with van der Waals surface area (Å²) in [4.78, 5) is 13.0. The van der Waals surface area contributed by atoms with E-state index in [1.54, 1.807) is 0 Å². The predicted octanol–water partition coefficient (Wildman–Crippen LogP) is 1.76. The lowest BCUT2D eigenvalue weighted by Gasteiger charge is -2.32. The molecule has 2 bridgehead atoms. The van der Waals surface area contributed by atoms with Gasteiger partial charge >= 0.3 is 0 Å². The van der Waals surface area contributed by atoms with Gasteiger partial charge in [0.1, 0.15) is 6.04 Å². The first kappa shape index (κ1) is 21.1. The van der Waals surface area contributed by atoms with Crippen molar-refractivity contribution in [3.8, 4) is 0 Å². The number of fused-ring (bicyclic) bond motifs is 2. The fourth-order valence-corrected chi connectivity index (χ4v) is 7.22. The third-order valence-corrected chi connectivity index (χ3v) is 8.44. The van der Waals surface area contributed by atoms with E-state index in [0.717, 1.165) is 6.42 Å². The Morgan fingerprint density at radius 2 is 1.79 bits per heavy atom. The zero-order valence-electron chi connectivity index (χ0n) is 15.4. The number of aliphatic hydroxyl groups is 2. The molecule has 7 nitrogen and oxygen atoms in total. The first-order valence-electron chi connectivity index (χ1n) is 9.51. The van der Waals surface area contributed by atoms with E-state index in [1.165, 1.54) is 22.5 Å². The van der Waals surface area contributed by atoms with Crippen molar-refractivity contribution in [2.75, 3.05) is 6.54 Å². The van der Waals surface area contributed by atoms with Gasteiger partial charge in [0, 0.05) is 28.5 Å². The second kappa shape index (κ2) is 7.83. The van der Waals surface area contributed by atoms with E-state index in [9.17, 15) is 23.4 Å². The van der Waals surface area contributed by atoms with Crippen LogP contribution in [0.3, 0.4) is 0 Å². The number of carbonyl (C=O) groups excluding carboxylic acids is 1. The van der Waals surface area contributed by atoms with Crippen LogP contribution in [0.5, 0.6) is 0 Å². The van der Waals surface area contributed by atoms with Gasteiger partial charge in [-0.25, -0.2) is 8.42 Å². The second-order valence-electron chi connectivity index (χ2n) is 7.85. The van der Waals surface area contributed by atoms with Crippen molar-refractivity contribution >= 4 is 39.1 Å². The fraction of sp³-hybridized carbons (Fsp3) is 0.526. The van der Waals surface area contributed by atoms with Gasteiger partial charge in [0.15, 0.2) is 6.29 Å². The van der Waals surface area contributed by atoms with Crippen LogP contribution in [-0.4, -0.2) is 53.8 Å². The molecule has 1 saturated heterocycles. The van der Waals surface area contributed by atoms with Gasteiger partial charge in [0.05, 0.1) is 4.90 Å². The molecule has 1 aromatic rings. The van der Waals surface area contributed by atoms with E-state index in [2.05, 4.69) is 5.32 Å². The number of carbonyl (C=O) groups is 1. The molecule has 1 heterocycles. The summed E-state index contributed by atoms with van der Waals surface area (Å²) < 4.78 is 27.4. The number of allylic oxidation sites excluding steroid dienone is 1. The van der Waals surface area contributed by atoms with Crippen molar-refractivity contribution in [1.29, 1.82) is 0 Å². The van der Waals surface area contributed by atoms with Crippen molar-refractivity contribution in [2.45, 2.75) is 42.5 Å². The molecule has 1 aliphatic heterocycles. The summed E-state index contributed by atoms with van der Waals surface area (Å²) in [6.45, 7) is 0.216. The Bertz CT molecular complexity index is 932. The monoisotopic (exact) mass is 460 g/mol. The average molecular weight is 461 g/mol. The van der Waals surface area contributed by atoms with Crippen LogP contribution in [0, 0.1) is 17.8 Å². The van der Waals surface area contributed by atoms with E-state index in [4.69, 9.17) is 23.2 Å². The lowest BCUT2D eigenvalue weighted by Crippen LogP contribution is -2.53. The Balaban J connectivity index is 1.55. The highest BCUT2D eigenvalue weighted by Crippen LogP contribution is 2.45. The molecule has 3 N–H and O–H groups in total. The molecule has 0 spiro atoms. The highest BCUT2D eigenvalue weighted by molar-refractivity contribution is 7.89. The van der Waals surface area contributed by atoms with Crippen molar-refractivity contribution in [1.82, 2.24) is 9.62 Å². The predicted molar refractivity (Wildman–Crippen MR) is 108 cm³/mol. The van der Waals surface area contributed by atoms with Crippen LogP contribution < -0.4 is 5.32 Å². The van der Waals surface area contributed by atoms with Crippen molar-refractivity contribution in [3.63, 3.8) is 0 Å². The van der Waals surface area contributed by atoms with Crippen LogP contribution in [0.25, 0.3) is 0 Å². The summed E-state index contributed by atoms with van der Waals surface area (Å²) in [5.41, 5.74) is 0. The third-order valence-electron chi connectivity index (χ3n) is 6.12. The molecular weight excluding hydrogens is 439 g/mol. The van der Waals surface area contributed by atoms with Gasteiger partial charge in [0.2, 0.25) is 15.9 Å². The summed E-state index contributed by atoms with van der Waals surface area (Å²) in [6, 6.07) is 2.78. The lowest BCUT2D eigenvalue weighted by atomic mass is 9.88. The number of amides is 1. The van der Waals surface area contributed by atoms with Gasteiger partial charge in [-0.1, -0.05) is 35.4 Å². The molecule has 1 saturated carbocycles. The quantitative estimate of drug-likeness (QED) is 0.458.